The molecule has 0 N–H and O–H groups in total. The second kappa shape index (κ2) is 8.34. The Labute approximate surface area is 170 Å². The zero-order valence-corrected chi connectivity index (χ0v) is 17.4. The van der Waals surface area contributed by atoms with E-state index in [9.17, 15) is 18.0 Å². The Balaban J connectivity index is 1.69. The Bertz CT molecular complexity index is 1040. The number of carbonyl (C=O) groups is 2. The molecule has 0 fully saturated rings. The average molecular weight is 417 g/mol. The van der Waals surface area contributed by atoms with Crippen molar-refractivity contribution in [3.05, 3.63) is 59.2 Å². The quantitative estimate of drug-likeness (QED) is 0.508. The van der Waals surface area contributed by atoms with E-state index >= 15 is 0 Å². The van der Waals surface area contributed by atoms with Crippen molar-refractivity contribution in [2.75, 3.05) is 20.3 Å². The minimum absolute atomic E-state index is 0.00639. The van der Waals surface area contributed by atoms with Crippen LogP contribution >= 0.6 is 0 Å². The Morgan fingerprint density at radius 1 is 1.14 bits per heavy atom. The molecule has 0 radical (unpaired) electrons. The van der Waals surface area contributed by atoms with E-state index in [0.717, 1.165) is 17.7 Å². The van der Waals surface area contributed by atoms with Crippen molar-refractivity contribution in [3.63, 3.8) is 0 Å². The summed E-state index contributed by atoms with van der Waals surface area (Å²) < 4.78 is 36.9. The van der Waals surface area contributed by atoms with Crippen LogP contribution in [0.15, 0.2) is 47.4 Å². The van der Waals surface area contributed by atoms with Gasteiger partial charge in [-0.05, 0) is 55.8 Å². The summed E-state index contributed by atoms with van der Waals surface area (Å²) in [5.41, 5.74) is 1.46. The number of rotatable bonds is 7. The molecule has 0 bridgehead atoms. The fourth-order valence-corrected chi connectivity index (χ4v) is 4.30. The van der Waals surface area contributed by atoms with Crippen LogP contribution in [0.3, 0.4) is 0 Å². The predicted octanol–water partition coefficient (Wildman–Crippen LogP) is 2.69. The van der Waals surface area contributed by atoms with Gasteiger partial charge >= 0.3 is 5.97 Å². The third-order valence-corrected chi connectivity index (χ3v) is 6.85. The summed E-state index contributed by atoms with van der Waals surface area (Å²) in [5.74, 6) is -0.327. The Hall–Kier alpha value is -2.71. The molecule has 0 saturated carbocycles. The monoisotopic (exact) mass is 417 g/mol. The lowest BCUT2D eigenvalue weighted by Gasteiger charge is -2.21. The second-order valence-corrected chi connectivity index (χ2v) is 9.06. The highest BCUT2D eigenvalue weighted by atomic mass is 32.2. The summed E-state index contributed by atoms with van der Waals surface area (Å²) in [6, 6.07) is 10.5. The smallest absolute Gasteiger partial charge is 0.338 e. The molecular formula is C21H23NO6S. The Kier molecular flexibility index (Phi) is 6.04. The van der Waals surface area contributed by atoms with E-state index in [-0.39, 0.29) is 22.3 Å². The van der Waals surface area contributed by atoms with E-state index in [1.165, 1.54) is 35.6 Å². The summed E-state index contributed by atoms with van der Waals surface area (Å²) in [4.78, 5) is 24.7. The van der Waals surface area contributed by atoms with Gasteiger partial charge in [0.25, 0.3) is 0 Å². The van der Waals surface area contributed by atoms with Crippen molar-refractivity contribution in [3.8, 4) is 5.75 Å². The number of hydrogen-bond acceptors (Lipinski definition) is 6. The predicted molar refractivity (Wildman–Crippen MR) is 107 cm³/mol. The molecule has 3 rings (SSSR count). The van der Waals surface area contributed by atoms with Crippen LogP contribution < -0.4 is 4.74 Å². The number of Topliss-reactive ketones (excluding diaryl/α,β-unsaturated/α-hetero) is 1. The van der Waals surface area contributed by atoms with Gasteiger partial charge in [0.2, 0.25) is 10.0 Å². The van der Waals surface area contributed by atoms with Gasteiger partial charge in [0.05, 0.1) is 17.1 Å². The molecule has 0 amide bonds. The lowest BCUT2D eigenvalue weighted by Crippen LogP contribution is -2.33. The normalized spacial score (nSPS) is 13.3. The molecule has 0 atom stereocenters. The summed E-state index contributed by atoms with van der Waals surface area (Å²) in [6.07, 6.45) is 0.738. The maximum absolute atomic E-state index is 12.6. The number of carbonyl (C=O) groups excluding carboxylic acids is 2. The first-order chi connectivity index (χ1) is 13.7. The van der Waals surface area contributed by atoms with Crippen molar-refractivity contribution in [2.45, 2.75) is 31.2 Å². The zero-order chi connectivity index (χ0) is 21.2. The van der Waals surface area contributed by atoms with Gasteiger partial charge in [0, 0.05) is 25.1 Å². The first-order valence-electron chi connectivity index (χ1n) is 9.24. The highest BCUT2D eigenvalue weighted by Crippen LogP contribution is 2.26. The number of ketones is 1. The van der Waals surface area contributed by atoms with Crippen LogP contribution in [0.2, 0.25) is 0 Å². The lowest BCUT2D eigenvalue weighted by molar-refractivity contribution is 0.0474. The molecule has 154 valence electrons. The maximum Gasteiger partial charge on any atom is 0.338 e. The van der Waals surface area contributed by atoms with Crippen LogP contribution in [0.1, 0.15) is 40.1 Å². The van der Waals surface area contributed by atoms with Crippen LogP contribution in [-0.4, -0.2) is 50.8 Å². The number of benzene rings is 2. The topological polar surface area (TPSA) is 90.0 Å². The number of esters is 1. The summed E-state index contributed by atoms with van der Waals surface area (Å²) in [5, 5.41) is 0. The molecule has 7 nitrogen and oxygen atoms in total. The molecule has 0 spiro atoms. The van der Waals surface area contributed by atoms with Crippen molar-refractivity contribution in [2.24, 2.45) is 0 Å². The molecule has 29 heavy (non-hydrogen) atoms. The van der Waals surface area contributed by atoms with Crippen LogP contribution in [0.25, 0.3) is 0 Å². The van der Waals surface area contributed by atoms with Crippen LogP contribution in [0.5, 0.6) is 5.75 Å². The van der Waals surface area contributed by atoms with Gasteiger partial charge < -0.3 is 9.47 Å². The number of nitrogens with zero attached hydrogens (tertiary/aromatic N) is 1. The first-order valence-corrected chi connectivity index (χ1v) is 10.7. The van der Waals surface area contributed by atoms with Crippen molar-refractivity contribution in [1.82, 2.24) is 4.31 Å². The minimum Gasteiger partial charge on any atom is -0.493 e. The van der Waals surface area contributed by atoms with Gasteiger partial charge in [-0.25, -0.2) is 13.2 Å². The van der Waals surface area contributed by atoms with Crippen LogP contribution in [0, 0.1) is 0 Å². The standard InChI is InChI=1S/C21H23NO6S/c1-14(2)22(3)29(25,26)18-6-4-5-17(12-18)21(24)28-13-19(23)15-7-8-20-16(11-15)9-10-27-20/h4-8,11-12,14H,9-10,13H2,1-3H3. The van der Waals surface area contributed by atoms with Gasteiger partial charge in [-0.3, -0.25) is 4.79 Å². The van der Waals surface area contributed by atoms with Crippen molar-refractivity contribution >= 4 is 21.8 Å². The second-order valence-electron chi connectivity index (χ2n) is 7.06. The number of sulfonamides is 1. The molecule has 0 aliphatic carbocycles. The highest BCUT2D eigenvalue weighted by Gasteiger charge is 2.24. The van der Waals surface area contributed by atoms with Gasteiger partial charge in [-0.15, -0.1) is 0 Å². The van der Waals surface area contributed by atoms with Crippen LogP contribution in [-0.2, 0) is 21.2 Å². The third kappa shape index (κ3) is 4.49. The molecule has 2 aromatic rings. The molecule has 1 aliphatic heterocycles. The summed E-state index contributed by atoms with van der Waals surface area (Å²) in [6.45, 7) is 3.67. The van der Waals surface area contributed by atoms with Gasteiger partial charge in [0.1, 0.15) is 5.75 Å². The Morgan fingerprint density at radius 2 is 1.90 bits per heavy atom. The molecule has 0 aromatic heterocycles. The van der Waals surface area contributed by atoms with E-state index in [0.29, 0.717) is 12.2 Å². The fraction of sp³-hybridized carbons (Fsp3) is 0.333. The summed E-state index contributed by atoms with van der Waals surface area (Å²) in [7, 11) is -2.25. The largest absolute Gasteiger partial charge is 0.493 e. The van der Waals surface area contributed by atoms with Gasteiger partial charge in [0.15, 0.2) is 12.4 Å². The van der Waals surface area contributed by atoms with Crippen molar-refractivity contribution < 1.29 is 27.5 Å². The molecule has 2 aromatic carbocycles. The van der Waals surface area contributed by atoms with Crippen molar-refractivity contribution in [1.29, 1.82) is 0 Å². The lowest BCUT2D eigenvalue weighted by atomic mass is 10.1. The Morgan fingerprint density at radius 3 is 2.62 bits per heavy atom. The van der Waals surface area contributed by atoms with Gasteiger partial charge in [-0.1, -0.05) is 6.07 Å². The number of fused-ring (bicyclic) bond motifs is 1. The molecule has 0 unspecified atom stereocenters. The maximum atomic E-state index is 12.6. The molecule has 8 heteroatoms. The van der Waals surface area contributed by atoms with E-state index in [2.05, 4.69) is 0 Å². The first kappa shape index (κ1) is 21.0. The minimum atomic E-state index is -3.73. The fourth-order valence-electron chi connectivity index (χ4n) is 2.89. The number of ether oxygens (including phenoxy) is 2. The molecule has 0 saturated heterocycles. The molecule has 1 aliphatic rings. The van der Waals surface area contributed by atoms with E-state index < -0.39 is 22.6 Å². The van der Waals surface area contributed by atoms with Crippen LogP contribution in [0.4, 0.5) is 0 Å². The average Bonchev–Trinajstić information content (AvgIpc) is 3.18. The molecular weight excluding hydrogens is 394 g/mol. The molecule has 1 heterocycles. The summed E-state index contributed by atoms with van der Waals surface area (Å²) >= 11 is 0. The SMILES string of the molecule is CC(C)N(C)S(=O)(=O)c1cccc(C(=O)OCC(=O)c2ccc3c(c2)CCO3)c1. The zero-order valence-electron chi connectivity index (χ0n) is 16.5. The highest BCUT2D eigenvalue weighted by molar-refractivity contribution is 7.89. The number of hydrogen-bond donors (Lipinski definition) is 0. The van der Waals surface area contributed by atoms with Gasteiger partial charge in [-0.2, -0.15) is 4.31 Å². The van der Waals surface area contributed by atoms with E-state index in [1.54, 1.807) is 32.0 Å². The third-order valence-electron chi connectivity index (χ3n) is 4.82. The van der Waals surface area contributed by atoms with E-state index in [4.69, 9.17) is 9.47 Å². The van der Waals surface area contributed by atoms with E-state index in [1.807, 2.05) is 0 Å².